The predicted octanol–water partition coefficient (Wildman–Crippen LogP) is 2.27. The van der Waals surface area contributed by atoms with Gasteiger partial charge in [0.05, 0.1) is 6.54 Å². The summed E-state index contributed by atoms with van der Waals surface area (Å²) in [6.07, 6.45) is 3.28. The molecule has 4 nitrogen and oxygen atoms in total. The van der Waals surface area contributed by atoms with Crippen molar-refractivity contribution in [2.75, 3.05) is 18.4 Å². The van der Waals surface area contributed by atoms with Crippen LogP contribution in [0.2, 0.25) is 0 Å². The summed E-state index contributed by atoms with van der Waals surface area (Å²) in [6, 6.07) is 5.02. The highest BCUT2D eigenvalue weighted by molar-refractivity contribution is 5.93. The zero-order valence-corrected chi connectivity index (χ0v) is 12.7. The SMILES string of the molecule is Cc1ccc(F)cc1NC(=O)CN1C(C)CCCC1CN. The molecule has 1 aliphatic heterocycles. The van der Waals surface area contributed by atoms with Gasteiger partial charge in [-0.1, -0.05) is 12.5 Å². The number of carbonyl (C=O) groups is 1. The molecule has 0 saturated carbocycles. The Morgan fingerprint density at radius 1 is 1.48 bits per heavy atom. The fourth-order valence-electron chi connectivity index (χ4n) is 2.96. The number of piperidine rings is 1. The first-order chi connectivity index (χ1) is 10.0. The number of likely N-dealkylation sites (tertiary alicyclic amines) is 1. The number of nitrogens with two attached hydrogens (primary N) is 1. The molecule has 1 aromatic carbocycles. The third-order valence-corrected chi connectivity index (χ3v) is 4.27. The first-order valence-corrected chi connectivity index (χ1v) is 7.53. The fourth-order valence-corrected chi connectivity index (χ4v) is 2.96. The third-order valence-electron chi connectivity index (χ3n) is 4.27. The Morgan fingerprint density at radius 3 is 2.95 bits per heavy atom. The summed E-state index contributed by atoms with van der Waals surface area (Å²) in [5, 5.41) is 2.80. The molecular formula is C16H24FN3O. The number of carbonyl (C=O) groups excluding carboxylic acids is 1. The van der Waals surface area contributed by atoms with E-state index < -0.39 is 0 Å². The van der Waals surface area contributed by atoms with Crippen LogP contribution in [0, 0.1) is 12.7 Å². The maximum absolute atomic E-state index is 13.3. The Hall–Kier alpha value is -1.46. The van der Waals surface area contributed by atoms with Crippen molar-refractivity contribution in [3.05, 3.63) is 29.6 Å². The lowest BCUT2D eigenvalue weighted by molar-refractivity contribution is -0.118. The van der Waals surface area contributed by atoms with E-state index in [1.165, 1.54) is 12.1 Å². The highest BCUT2D eigenvalue weighted by Crippen LogP contribution is 2.22. The number of anilines is 1. The number of nitrogens with one attached hydrogen (secondary N) is 1. The maximum atomic E-state index is 13.3. The van der Waals surface area contributed by atoms with Crippen molar-refractivity contribution in [3.63, 3.8) is 0 Å². The number of halogens is 1. The molecule has 3 N–H and O–H groups in total. The van der Waals surface area contributed by atoms with E-state index in [9.17, 15) is 9.18 Å². The van der Waals surface area contributed by atoms with Crippen LogP contribution in [0.25, 0.3) is 0 Å². The Labute approximate surface area is 125 Å². The Bertz CT molecular complexity index is 506. The van der Waals surface area contributed by atoms with Crippen LogP contribution in [0.4, 0.5) is 10.1 Å². The molecule has 0 spiro atoms. The molecule has 0 aliphatic carbocycles. The maximum Gasteiger partial charge on any atom is 0.238 e. The molecule has 0 aromatic heterocycles. The number of amides is 1. The van der Waals surface area contributed by atoms with Crippen LogP contribution in [-0.4, -0.2) is 36.0 Å². The largest absolute Gasteiger partial charge is 0.329 e. The van der Waals surface area contributed by atoms with Gasteiger partial charge >= 0.3 is 0 Å². The van der Waals surface area contributed by atoms with E-state index in [0.29, 0.717) is 24.8 Å². The third kappa shape index (κ3) is 4.02. The molecule has 0 radical (unpaired) electrons. The van der Waals surface area contributed by atoms with Gasteiger partial charge in [0, 0.05) is 24.3 Å². The van der Waals surface area contributed by atoms with Crippen LogP contribution < -0.4 is 11.1 Å². The summed E-state index contributed by atoms with van der Waals surface area (Å²) in [5.41, 5.74) is 7.19. The summed E-state index contributed by atoms with van der Waals surface area (Å²) < 4.78 is 13.3. The van der Waals surface area contributed by atoms with Crippen molar-refractivity contribution in [2.24, 2.45) is 5.73 Å². The number of benzene rings is 1. The van der Waals surface area contributed by atoms with Crippen LogP contribution in [0.3, 0.4) is 0 Å². The molecule has 5 heteroatoms. The molecule has 1 saturated heterocycles. The van der Waals surface area contributed by atoms with Crippen LogP contribution in [0.15, 0.2) is 18.2 Å². The lowest BCUT2D eigenvalue weighted by atomic mass is 9.96. The molecule has 21 heavy (non-hydrogen) atoms. The summed E-state index contributed by atoms with van der Waals surface area (Å²) in [5.74, 6) is -0.460. The van der Waals surface area contributed by atoms with Gasteiger partial charge in [0.25, 0.3) is 0 Å². The molecule has 1 heterocycles. The number of rotatable bonds is 4. The number of nitrogens with zero attached hydrogens (tertiary/aromatic N) is 1. The van der Waals surface area contributed by atoms with Crippen molar-refractivity contribution in [3.8, 4) is 0 Å². The summed E-state index contributed by atoms with van der Waals surface area (Å²) >= 11 is 0. The molecule has 2 rings (SSSR count). The second-order valence-corrected chi connectivity index (χ2v) is 5.85. The Kier molecular flexibility index (Phi) is 5.31. The van der Waals surface area contributed by atoms with Gasteiger partial charge in [-0.15, -0.1) is 0 Å². The van der Waals surface area contributed by atoms with Gasteiger partial charge in [-0.25, -0.2) is 4.39 Å². The minimum Gasteiger partial charge on any atom is -0.329 e. The van der Waals surface area contributed by atoms with Crippen molar-refractivity contribution < 1.29 is 9.18 Å². The van der Waals surface area contributed by atoms with Crippen molar-refractivity contribution in [1.29, 1.82) is 0 Å². The molecule has 1 aliphatic rings. The van der Waals surface area contributed by atoms with Crippen LogP contribution in [0.5, 0.6) is 0 Å². The molecule has 1 amide bonds. The zero-order valence-electron chi connectivity index (χ0n) is 12.7. The molecule has 2 atom stereocenters. The number of aryl methyl sites for hydroxylation is 1. The lowest BCUT2D eigenvalue weighted by Gasteiger charge is -2.39. The molecule has 116 valence electrons. The fraction of sp³-hybridized carbons (Fsp3) is 0.562. The Morgan fingerprint density at radius 2 is 2.24 bits per heavy atom. The average molecular weight is 293 g/mol. The van der Waals surface area contributed by atoms with Gasteiger partial charge in [0.15, 0.2) is 0 Å². The zero-order chi connectivity index (χ0) is 15.4. The van der Waals surface area contributed by atoms with E-state index in [4.69, 9.17) is 5.73 Å². The first-order valence-electron chi connectivity index (χ1n) is 7.53. The molecule has 1 aromatic rings. The second-order valence-electron chi connectivity index (χ2n) is 5.85. The summed E-state index contributed by atoms with van der Waals surface area (Å²) in [4.78, 5) is 14.4. The van der Waals surface area contributed by atoms with Crippen molar-refractivity contribution in [2.45, 2.75) is 45.2 Å². The average Bonchev–Trinajstić information content (AvgIpc) is 2.45. The van der Waals surface area contributed by atoms with E-state index in [0.717, 1.165) is 24.8 Å². The van der Waals surface area contributed by atoms with Crippen LogP contribution >= 0.6 is 0 Å². The van der Waals surface area contributed by atoms with E-state index in [1.54, 1.807) is 6.07 Å². The van der Waals surface area contributed by atoms with E-state index >= 15 is 0 Å². The Balaban J connectivity index is 2.01. The quantitative estimate of drug-likeness (QED) is 0.895. The van der Waals surface area contributed by atoms with Crippen molar-refractivity contribution >= 4 is 11.6 Å². The topological polar surface area (TPSA) is 58.4 Å². The summed E-state index contributed by atoms with van der Waals surface area (Å²) in [7, 11) is 0. The molecular weight excluding hydrogens is 269 g/mol. The molecule has 0 bridgehead atoms. The minimum atomic E-state index is -0.345. The highest BCUT2D eigenvalue weighted by atomic mass is 19.1. The minimum absolute atomic E-state index is 0.115. The lowest BCUT2D eigenvalue weighted by Crippen LogP contribution is -2.51. The summed E-state index contributed by atoms with van der Waals surface area (Å²) in [6.45, 7) is 4.85. The highest BCUT2D eigenvalue weighted by Gasteiger charge is 2.28. The second kappa shape index (κ2) is 7.00. The van der Waals surface area contributed by atoms with Crippen molar-refractivity contribution in [1.82, 2.24) is 4.90 Å². The molecule has 1 fully saturated rings. The monoisotopic (exact) mass is 293 g/mol. The molecule has 2 unspecified atom stereocenters. The van der Waals surface area contributed by atoms with E-state index in [1.807, 2.05) is 6.92 Å². The van der Waals surface area contributed by atoms with Gasteiger partial charge in [0.1, 0.15) is 5.82 Å². The van der Waals surface area contributed by atoms with Gasteiger partial charge in [-0.05, 0) is 44.4 Å². The normalized spacial score (nSPS) is 23.0. The van der Waals surface area contributed by atoms with Gasteiger partial charge in [-0.3, -0.25) is 9.69 Å². The van der Waals surface area contributed by atoms with Gasteiger partial charge in [-0.2, -0.15) is 0 Å². The smallest absolute Gasteiger partial charge is 0.238 e. The predicted molar refractivity (Wildman–Crippen MR) is 82.6 cm³/mol. The number of hydrogen-bond donors (Lipinski definition) is 2. The standard InChI is InChI=1S/C16H24FN3O/c1-11-6-7-13(17)8-15(11)19-16(21)10-20-12(2)4-3-5-14(20)9-18/h6-8,12,14H,3-5,9-10,18H2,1-2H3,(H,19,21). The number of hydrogen-bond acceptors (Lipinski definition) is 3. The van der Waals surface area contributed by atoms with Crippen LogP contribution in [-0.2, 0) is 4.79 Å². The van der Waals surface area contributed by atoms with E-state index in [2.05, 4.69) is 17.1 Å². The van der Waals surface area contributed by atoms with Gasteiger partial charge < -0.3 is 11.1 Å². The van der Waals surface area contributed by atoms with E-state index in [-0.39, 0.29) is 17.8 Å². The van der Waals surface area contributed by atoms with Gasteiger partial charge in [0.2, 0.25) is 5.91 Å². The first kappa shape index (κ1) is 15.9. The van der Waals surface area contributed by atoms with Crippen LogP contribution in [0.1, 0.15) is 31.7 Å².